The molecule has 2 rings (SSSR count). The number of oxime groups is 1. The molecule has 0 heterocycles. The van der Waals surface area contributed by atoms with E-state index in [4.69, 9.17) is 23.2 Å². The van der Waals surface area contributed by atoms with Crippen molar-refractivity contribution in [2.24, 2.45) is 5.16 Å². The molecule has 0 aliphatic heterocycles. The molecule has 0 radical (unpaired) electrons. The second-order valence-corrected chi connectivity index (χ2v) is 7.65. The van der Waals surface area contributed by atoms with Gasteiger partial charge in [0.2, 0.25) is 0 Å². The van der Waals surface area contributed by atoms with Crippen LogP contribution in [0.15, 0.2) is 45.5 Å². The number of hydrogen-bond acceptors (Lipinski definition) is 7. The van der Waals surface area contributed by atoms with Gasteiger partial charge >= 0.3 is 10.1 Å². The van der Waals surface area contributed by atoms with Crippen LogP contribution >= 0.6 is 23.2 Å². The maximum absolute atomic E-state index is 12.2. The molecule has 0 spiro atoms. The number of carbonyl (C=O) groups is 1. The highest BCUT2D eigenvalue weighted by Crippen LogP contribution is 2.28. The lowest BCUT2D eigenvalue weighted by atomic mass is 9.90. The van der Waals surface area contributed by atoms with Crippen LogP contribution in [0.4, 0.5) is 5.69 Å². The average molecular weight is 407 g/mol. The van der Waals surface area contributed by atoms with Crippen LogP contribution in [0.3, 0.4) is 0 Å². The fraction of sp³-hybridized carbons (Fsp3) is 0.286. The Morgan fingerprint density at radius 1 is 1.20 bits per heavy atom. The van der Waals surface area contributed by atoms with Crippen molar-refractivity contribution in [2.75, 3.05) is 0 Å². The first-order valence-electron chi connectivity index (χ1n) is 6.82. The van der Waals surface area contributed by atoms with E-state index in [0.717, 1.165) is 18.2 Å². The zero-order valence-electron chi connectivity index (χ0n) is 13.0. The number of ketones is 1. The van der Waals surface area contributed by atoms with Crippen molar-refractivity contribution < 1.29 is 22.4 Å². The van der Waals surface area contributed by atoms with Gasteiger partial charge in [0.25, 0.3) is 5.69 Å². The second-order valence-electron chi connectivity index (χ2n) is 5.18. The minimum atomic E-state index is -4.41. The van der Waals surface area contributed by atoms with Crippen LogP contribution in [0.1, 0.15) is 13.8 Å². The highest BCUT2D eigenvalue weighted by molar-refractivity contribution is 7.86. The van der Waals surface area contributed by atoms with E-state index in [9.17, 15) is 23.3 Å². The van der Waals surface area contributed by atoms with Crippen molar-refractivity contribution in [3.05, 3.63) is 45.5 Å². The molecule has 11 heteroatoms. The van der Waals surface area contributed by atoms with Crippen molar-refractivity contribution in [3.8, 4) is 0 Å². The maximum atomic E-state index is 12.2. The number of benzene rings is 1. The van der Waals surface area contributed by atoms with Gasteiger partial charge < -0.3 is 0 Å². The Balaban J connectivity index is 2.38. The summed E-state index contributed by atoms with van der Waals surface area (Å²) in [6.07, 6.45) is 0. The van der Waals surface area contributed by atoms with Crippen LogP contribution in [0.25, 0.3) is 0 Å². The van der Waals surface area contributed by atoms with Gasteiger partial charge in [-0.25, -0.2) is 0 Å². The number of rotatable bonds is 4. The molecule has 0 aromatic heterocycles. The van der Waals surface area contributed by atoms with Gasteiger partial charge in [0.05, 0.1) is 4.92 Å². The molecule has 8 nitrogen and oxygen atoms in total. The topological polar surface area (TPSA) is 116 Å². The molecular weight excluding hydrogens is 395 g/mol. The summed E-state index contributed by atoms with van der Waals surface area (Å²) >= 11 is 12.0. The Labute approximate surface area is 153 Å². The summed E-state index contributed by atoms with van der Waals surface area (Å²) < 4.78 is 29.0. The summed E-state index contributed by atoms with van der Waals surface area (Å²) in [6.45, 7) is 3.05. The molecule has 0 N–H and O–H groups in total. The fourth-order valence-corrected chi connectivity index (χ4v) is 3.44. The molecule has 0 saturated carbocycles. The molecule has 1 aliphatic carbocycles. The van der Waals surface area contributed by atoms with Gasteiger partial charge in [-0.3, -0.25) is 19.2 Å². The molecule has 0 saturated heterocycles. The number of allylic oxidation sites excluding steroid dienone is 2. The molecule has 0 fully saturated rings. The van der Waals surface area contributed by atoms with Crippen LogP contribution in [-0.4, -0.2) is 35.6 Å². The Kier molecular flexibility index (Phi) is 5.50. The summed E-state index contributed by atoms with van der Waals surface area (Å²) in [6, 6.07) is 4.32. The van der Waals surface area contributed by atoms with Gasteiger partial charge in [0.15, 0.2) is 5.78 Å². The Morgan fingerprint density at radius 3 is 2.44 bits per heavy atom. The second kappa shape index (κ2) is 7.11. The van der Waals surface area contributed by atoms with Crippen molar-refractivity contribution in [2.45, 2.75) is 29.5 Å². The summed E-state index contributed by atoms with van der Waals surface area (Å²) in [5.74, 6) is -0.375. The molecule has 0 bridgehead atoms. The summed E-state index contributed by atoms with van der Waals surface area (Å²) in [4.78, 5) is 21.4. The van der Waals surface area contributed by atoms with E-state index in [0.29, 0.717) is 11.1 Å². The molecule has 1 aromatic carbocycles. The molecule has 2 unspecified atom stereocenters. The third kappa shape index (κ3) is 3.83. The lowest BCUT2D eigenvalue weighted by Crippen LogP contribution is -2.38. The summed E-state index contributed by atoms with van der Waals surface area (Å²) in [7, 11) is -4.41. The standard InChI is InChI=1S/C14H12Cl2N2O6S/c1-7-8(2)14(19)12(16)11(15)13(7)17-24-25(22,23)10-5-3-4-9(6-10)18(20)21/h3-6,11-12H,1-2H3/b17-13-. The Hall–Kier alpha value is -1.97. The molecule has 2 atom stereocenters. The van der Waals surface area contributed by atoms with Crippen LogP contribution in [0, 0.1) is 10.1 Å². The first-order chi connectivity index (χ1) is 11.6. The van der Waals surface area contributed by atoms with E-state index in [1.54, 1.807) is 0 Å². The largest absolute Gasteiger partial charge is 0.358 e. The third-order valence-electron chi connectivity index (χ3n) is 3.64. The van der Waals surface area contributed by atoms with Gasteiger partial charge in [-0.05, 0) is 31.1 Å². The predicted molar refractivity (Wildman–Crippen MR) is 91.5 cm³/mol. The zero-order valence-corrected chi connectivity index (χ0v) is 15.3. The van der Waals surface area contributed by atoms with Gasteiger partial charge in [-0.1, -0.05) is 11.2 Å². The number of halogens is 2. The molecule has 1 aromatic rings. The SMILES string of the molecule is CC1=C(C)/C(=N/OS(=O)(=O)c2cccc([N+](=O)[O-])c2)C(Cl)C(Cl)C1=O. The fourth-order valence-electron chi connectivity index (χ4n) is 2.07. The zero-order chi connectivity index (χ0) is 18.9. The van der Waals surface area contributed by atoms with Crippen LogP contribution < -0.4 is 0 Å². The van der Waals surface area contributed by atoms with E-state index in [1.165, 1.54) is 19.9 Å². The first kappa shape index (κ1) is 19.4. The van der Waals surface area contributed by atoms with Crippen molar-refractivity contribution in [3.63, 3.8) is 0 Å². The van der Waals surface area contributed by atoms with Gasteiger partial charge in [0.1, 0.15) is 21.4 Å². The first-order valence-corrected chi connectivity index (χ1v) is 9.10. The van der Waals surface area contributed by atoms with Crippen LogP contribution in [0.2, 0.25) is 0 Å². The lowest BCUT2D eigenvalue weighted by Gasteiger charge is -2.24. The number of nitro benzene ring substituents is 1. The number of alkyl halides is 2. The monoisotopic (exact) mass is 406 g/mol. The number of nitrogens with zero attached hydrogens (tertiary/aromatic N) is 2. The van der Waals surface area contributed by atoms with Crippen molar-refractivity contribution in [1.82, 2.24) is 0 Å². The normalized spacial score (nSPS) is 23.0. The van der Waals surface area contributed by atoms with E-state index < -0.39 is 36.4 Å². The quantitative estimate of drug-likeness (QED) is 0.431. The number of Topliss-reactive ketones (excluding diaryl/α,β-unsaturated/α-hetero) is 1. The van der Waals surface area contributed by atoms with E-state index in [2.05, 4.69) is 9.44 Å². The Morgan fingerprint density at radius 2 is 1.84 bits per heavy atom. The van der Waals surface area contributed by atoms with E-state index in [1.807, 2.05) is 0 Å². The smallest absolute Gasteiger partial charge is 0.293 e. The number of nitro groups is 1. The van der Waals surface area contributed by atoms with Gasteiger partial charge in [-0.15, -0.1) is 23.2 Å². The summed E-state index contributed by atoms with van der Waals surface area (Å²) in [5, 5.41) is 12.1. The van der Waals surface area contributed by atoms with Gasteiger partial charge in [-0.2, -0.15) is 8.42 Å². The molecule has 1 aliphatic rings. The predicted octanol–water partition coefficient (Wildman–Crippen LogP) is 2.79. The maximum Gasteiger partial charge on any atom is 0.358 e. The lowest BCUT2D eigenvalue weighted by molar-refractivity contribution is -0.385. The van der Waals surface area contributed by atoms with Gasteiger partial charge in [0, 0.05) is 12.1 Å². The van der Waals surface area contributed by atoms with E-state index >= 15 is 0 Å². The van der Waals surface area contributed by atoms with Crippen LogP contribution in [0.5, 0.6) is 0 Å². The number of carbonyl (C=O) groups excluding carboxylic acids is 1. The highest BCUT2D eigenvalue weighted by atomic mass is 35.5. The van der Waals surface area contributed by atoms with E-state index in [-0.39, 0.29) is 11.5 Å². The molecule has 25 heavy (non-hydrogen) atoms. The minimum Gasteiger partial charge on any atom is -0.293 e. The number of non-ortho nitro benzene ring substituents is 1. The molecule has 0 amide bonds. The third-order valence-corrected chi connectivity index (χ3v) is 5.78. The minimum absolute atomic E-state index is 0.00720. The summed E-state index contributed by atoms with van der Waals surface area (Å²) in [5.41, 5.74) is 0.250. The van der Waals surface area contributed by atoms with Crippen molar-refractivity contribution >= 4 is 50.5 Å². The number of hydrogen-bond donors (Lipinski definition) is 0. The molecular formula is C14H12Cl2N2O6S. The van der Waals surface area contributed by atoms with Crippen molar-refractivity contribution in [1.29, 1.82) is 0 Å². The van der Waals surface area contributed by atoms with Crippen LogP contribution in [-0.2, 0) is 19.2 Å². The Bertz CT molecular complexity index is 910. The molecule has 134 valence electrons. The highest BCUT2D eigenvalue weighted by Gasteiger charge is 2.37. The average Bonchev–Trinajstić information content (AvgIpc) is 2.58.